The molecule has 1 amide bonds. The van der Waals surface area contributed by atoms with Crippen LogP contribution >= 0.6 is 0 Å². The van der Waals surface area contributed by atoms with E-state index >= 15 is 0 Å². The molecule has 0 saturated heterocycles. The van der Waals surface area contributed by atoms with Crippen molar-refractivity contribution in [3.63, 3.8) is 0 Å². The Bertz CT molecular complexity index is 1110. The van der Waals surface area contributed by atoms with E-state index in [-0.39, 0.29) is 24.7 Å². The number of hydrogen-bond donors (Lipinski definition) is 1. The Kier molecular flexibility index (Phi) is 6.49. The van der Waals surface area contributed by atoms with Gasteiger partial charge in [-0.3, -0.25) is 14.4 Å². The number of ketones is 1. The summed E-state index contributed by atoms with van der Waals surface area (Å²) in [5.74, 6) is -1.81. The van der Waals surface area contributed by atoms with Gasteiger partial charge >= 0.3 is 5.97 Å². The van der Waals surface area contributed by atoms with Crippen LogP contribution in [0.3, 0.4) is 0 Å². The molecule has 0 fully saturated rings. The van der Waals surface area contributed by atoms with Gasteiger partial charge in [0.05, 0.1) is 20.8 Å². The predicted octanol–water partition coefficient (Wildman–Crippen LogP) is 3.50. The topological polar surface area (TPSA) is 90.9 Å². The molecule has 7 heteroatoms. The number of esters is 1. The van der Waals surface area contributed by atoms with Gasteiger partial charge in [0, 0.05) is 29.5 Å². The summed E-state index contributed by atoms with van der Waals surface area (Å²) in [5, 5.41) is 2.90. The molecule has 1 N–H and O–H groups in total. The van der Waals surface area contributed by atoms with Crippen LogP contribution in [0.4, 0.5) is 0 Å². The lowest BCUT2D eigenvalue weighted by molar-refractivity contribution is -0.152. The smallest absolute Gasteiger partial charge is 0.317 e. The second-order valence-corrected chi connectivity index (χ2v) is 8.13. The molecule has 2 aromatic carbocycles. The Labute approximate surface area is 192 Å². The maximum absolute atomic E-state index is 13.9. The molecule has 2 aliphatic rings. The molecule has 0 aromatic heterocycles. The molecule has 0 spiro atoms. The fourth-order valence-corrected chi connectivity index (χ4v) is 4.82. The van der Waals surface area contributed by atoms with Crippen molar-refractivity contribution in [2.24, 2.45) is 5.92 Å². The maximum atomic E-state index is 13.9. The first-order valence-corrected chi connectivity index (χ1v) is 11.0. The molecular formula is C26H27NO6. The van der Waals surface area contributed by atoms with Crippen molar-refractivity contribution in [2.45, 2.75) is 31.6 Å². The third-order valence-corrected chi connectivity index (χ3v) is 6.31. The first kappa shape index (κ1) is 22.6. The van der Waals surface area contributed by atoms with Crippen LogP contribution < -0.4 is 14.8 Å². The molecule has 1 aliphatic carbocycles. The molecule has 3 atom stereocenters. The highest BCUT2D eigenvalue weighted by Crippen LogP contribution is 2.46. The fraction of sp³-hybridized carbons (Fsp3) is 0.346. The van der Waals surface area contributed by atoms with Crippen LogP contribution in [0, 0.1) is 5.92 Å². The largest absolute Gasteiger partial charge is 0.493 e. The Hall–Kier alpha value is -3.61. The Morgan fingerprint density at radius 2 is 1.70 bits per heavy atom. The SMILES string of the molecule is CCOC(=O)[C@@H]1C(=O)C2=C(C[C@H]1c1ccccc1)NC(=O)C[C@H]2c1ccc(OC)c(OC)c1. The summed E-state index contributed by atoms with van der Waals surface area (Å²) in [4.78, 5) is 39.5. The average molecular weight is 450 g/mol. The summed E-state index contributed by atoms with van der Waals surface area (Å²) in [7, 11) is 3.08. The van der Waals surface area contributed by atoms with Crippen molar-refractivity contribution in [1.29, 1.82) is 0 Å². The number of amides is 1. The third-order valence-electron chi connectivity index (χ3n) is 6.31. The van der Waals surface area contributed by atoms with E-state index in [2.05, 4.69) is 5.32 Å². The number of rotatable bonds is 6. The van der Waals surface area contributed by atoms with Gasteiger partial charge in [0.25, 0.3) is 0 Å². The van der Waals surface area contributed by atoms with E-state index < -0.39 is 23.7 Å². The van der Waals surface area contributed by atoms with Crippen molar-refractivity contribution in [3.8, 4) is 11.5 Å². The highest BCUT2D eigenvalue weighted by atomic mass is 16.5. The van der Waals surface area contributed by atoms with Gasteiger partial charge in [-0.25, -0.2) is 0 Å². The summed E-state index contributed by atoms with van der Waals surface area (Å²) in [6.07, 6.45) is 0.468. The van der Waals surface area contributed by atoms with Crippen LogP contribution in [0.1, 0.15) is 42.7 Å². The van der Waals surface area contributed by atoms with Gasteiger partial charge in [-0.15, -0.1) is 0 Å². The number of nitrogens with one attached hydrogen (secondary N) is 1. The minimum atomic E-state index is -0.969. The van der Waals surface area contributed by atoms with E-state index in [1.54, 1.807) is 26.2 Å². The Morgan fingerprint density at radius 3 is 2.36 bits per heavy atom. The van der Waals surface area contributed by atoms with Gasteiger partial charge in [0.1, 0.15) is 5.92 Å². The molecule has 1 aliphatic heterocycles. The maximum Gasteiger partial charge on any atom is 0.317 e. The van der Waals surface area contributed by atoms with Crippen molar-refractivity contribution < 1.29 is 28.6 Å². The van der Waals surface area contributed by atoms with Crippen molar-refractivity contribution in [2.75, 3.05) is 20.8 Å². The molecule has 4 rings (SSSR count). The molecule has 0 radical (unpaired) electrons. The lowest BCUT2D eigenvalue weighted by Crippen LogP contribution is -2.44. The molecule has 7 nitrogen and oxygen atoms in total. The van der Waals surface area contributed by atoms with Gasteiger partial charge < -0.3 is 19.5 Å². The number of carbonyl (C=O) groups excluding carboxylic acids is 3. The van der Waals surface area contributed by atoms with Crippen LogP contribution in [0.25, 0.3) is 0 Å². The van der Waals surface area contributed by atoms with Crippen molar-refractivity contribution in [3.05, 3.63) is 70.9 Å². The zero-order valence-electron chi connectivity index (χ0n) is 18.9. The number of benzene rings is 2. The number of allylic oxidation sites excluding steroid dienone is 2. The highest BCUT2D eigenvalue weighted by molar-refractivity contribution is 6.12. The van der Waals surface area contributed by atoms with Crippen LogP contribution in [0.15, 0.2) is 59.8 Å². The first-order valence-electron chi connectivity index (χ1n) is 11.0. The van der Waals surface area contributed by atoms with Crippen molar-refractivity contribution >= 4 is 17.7 Å². The van der Waals surface area contributed by atoms with Gasteiger partial charge in [-0.05, 0) is 36.6 Å². The fourth-order valence-electron chi connectivity index (χ4n) is 4.82. The van der Waals surface area contributed by atoms with E-state index in [4.69, 9.17) is 14.2 Å². The van der Waals surface area contributed by atoms with E-state index in [9.17, 15) is 14.4 Å². The lowest BCUT2D eigenvalue weighted by atomic mass is 9.68. The number of hydrogen-bond acceptors (Lipinski definition) is 6. The first-order chi connectivity index (χ1) is 16.0. The molecule has 2 aromatic rings. The number of methoxy groups -OCH3 is 2. The Morgan fingerprint density at radius 1 is 0.970 bits per heavy atom. The van der Waals surface area contributed by atoms with E-state index in [0.29, 0.717) is 29.2 Å². The van der Waals surface area contributed by atoms with Gasteiger partial charge in [-0.2, -0.15) is 0 Å². The molecule has 172 valence electrons. The minimum Gasteiger partial charge on any atom is -0.493 e. The third kappa shape index (κ3) is 4.23. The van der Waals surface area contributed by atoms with Crippen molar-refractivity contribution in [1.82, 2.24) is 5.32 Å². The summed E-state index contributed by atoms with van der Waals surface area (Å²) in [5.41, 5.74) is 2.65. The van der Waals surface area contributed by atoms with Gasteiger partial charge in [0.15, 0.2) is 17.3 Å². The molecule has 0 unspecified atom stereocenters. The monoisotopic (exact) mass is 449 g/mol. The molecule has 33 heavy (non-hydrogen) atoms. The van der Waals surface area contributed by atoms with Crippen LogP contribution in [0.5, 0.6) is 11.5 Å². The summed E-state index contributed by atoms with van der Waals surface area (Å²) >= 11 is 0. The average Bonchev–Trinajstić information content (AvgIpc) is 2.83. The molecule has 0 bridgehead atoms. The van der Waals surface area contributed by atoms with E-state index in [0.717, 1.165) is 11.1 Å². The highest BCUT2D eigenvalue weighted by Gasteiger charge is 2.47. The number of carbonyl (C=O) groups is 3. The van der Waals surface area contributed by atoms with Gasteiger partial charge in [-0.1, -0.05) is 36.4 Å². The van der Waals surface area contributed by atoms with Crippen LogP contribution in [-0.4, -0.2) is 38.5 Å². The second kappa shape index (κ2) is 9.48. The second-order valence-electron chi connectivity index (χ2n) is 8.13. The molecular weight excluding hydrogens is 422 g/mol. The molecule has 0 saturated carbocycles. The zero-order chi connectivity index (χ0) is 23.5. The number of ether oxygens (including phenoxy) is 3. The summed E-state index contributed by atoms with van der Waals surface area (Å²) in [6.45, 7) is 1.91. The quantitative estimate of drug-likeness (QED) is 0.536. The molecule has 1 heterocycles. The lowest BCUT2D eigenvalue weighted by Gasteiger charge is -2.38. The standard InChI is InChI=1S/C26H27NO6/c1-4-33-26(30)24-17(15-8-6-5-7-9-15)13-19-23(25(24)29)18(14-22(28)27-19)16-10-11-20(31-2)21(12-16)32-3/h5-12,17-18,24H,4,13-14H2,1-3H3,(H,27,28)/t17-,18-,24-/m0/s1. The predicted molar refractivity (Wildman–Crippen MR) is 121 cm³/mol. The Balaban J connectivity index is 1.82. The van der Waals surface area contributed by atoms with E-state index in [1.165, 1.54) is 7.11 Å². The zero-order valence-corrected chi connectivity index (χ0v) is 18.9. The van der Waals surface area contributed by atoms with Crippen LogP contribution in [-0.2, 0) is 19.1 Å². The summed E-state index contributed by atoms with van der Waals surface area (Å²) in [6, 6.07) is 14.8. The minimum absolute atomic E-state index is 0.103. The van der Waals surface area contributed by atoms with E-state index in [1.807, 2.05) is 36.4 Å². The van der Waals surface area contributed by atoms with Crippen LogP contribution in [0.2, 0.25) is 0 Å². The number of Topliss-reactive ketones (excluding diaryl/α,β-unsaturated/α-hetero) is 1. The summed E-state index contributed by atoms with van der Waals surface area (Å²) < 4.78 is 16.1. The van der Waals surface area contributed by atoms with Gasteiger partial charge in [0.2, 0.25) is 5.91 Å². The normalized spacial score (nSPS) is 22.3.